The first kappa shape index (κ1) is 30.2. The van der Waals surface area contributed by atoms with Gasteiger partial charge in [-0.2, -0.15) is 0 Å². The van der Waals surface area contributed by atoms with E-state index in [2.05, 4.69) is 25.6 Å². The number of carbonyl (C=O) groups excluding carboxylic acids is 4. The predicted molar refractivity (Wildman–Crippen MR) is 113 cm³/mol. The Morgan fingerprint density at radius 2 is 2.06 bits per heavy atom. The molecule has 0 aliphatic carbocycles. The molecule has 1 saturated heterocycles. The van der Waals surface area contributed by atoms with E-state index in [-0.39, 0.29) is 57.2 Å². The summed E-state index contributed by atoms with van der Waals surface area (Å²) >= 11 is 6.34. The van der Waals surface area contributed by atoms with Crippen LogP contribution in [-0.2, 0) is 39.1 Å². The number of hydrogen-bond acceptors (Lipinski definition) is 12. The molecule has 2 atom stereocenters. The van der Waals surface area contributed by atoms with Gasteiger partial charge in [0.25, 0.3) is 11.8 Å². The Morgan fingerprint density at radius 1 is 1.38 bits per heavy atom. The second-order valence-electron chi connectivity index (χ2n) is 6.35. The Hall–Kier alpha value is -1.82. The summed E-state index contributed by atoms with van der Waals surface area (Å²) in [5.41, 5.74) is -0.513. The molecule has 0 saturated carbocycles. The summed E-state index contributed by atoms with van der Waals surface area (Å²) in [6, 6.07) is -3.58. The maximum atomic E-state index is 12.7. The SMILES string of the molecule is CCCCOC(=O)[C@H]1[C@@H](NC(=O)C(=NOC)c2csc(NC(=O)CCl)n2)C(=O)N1S(=O)(=O)[O-].[Na+]. The Balaban J connectivity index is 0.00000578. The number of nitrogens with one attached hydrogen (secondary N) is 2. The van der Waals surface area contributed by atoms with Gasteiger partial charge in [-0.15, -0.1) is 22.9 Å². The quantitative estimate of drug-likeness (QED) is 0.0404. The number of amides is 3. The van der Waals surface area contributed by atoms with E-state index in [9.17, 15) is 32.1 Å². The van der Waals surface area contributed by atoms with E-state index >= 15 is 0 Å². The van der Waals surface area contributed by atoms with E-state index in [1.54, 1.807) is 0 Å². The van der Waals surface area contributed by atoms with Crippen LogP contribution in [0.15, 0.2) is 10.5 Å². The molecule has 1 fully saturated rings. The molecule has 18 heteroatoms. The molecular weight excluding hydrogens is 529 g/mol. The first-order chi connectivity index (χ1) is 15.5. The van der Waals surface area contributed by atoms with E-state index in [1.807, 2.05) is 6.92 Å². The van der Waals surface area contributed by atoms with Gasteiger partial charge in [0.1, 0.15) is 24.7 Å². The third-order valence-electron chi connectivity index (χ3n) is 4.08. The molecule has 0 radical (unpaired) electrons. The molecule has 182 valence electrons. The van der Waals surface area contributed by atoms with Crippen molar-refractivity contribution in [2.24, 2.45) is 5.16 Å². The average Bonchev–Trinajstić information content (AvgIpc) is 3.20. The molecule has 3 amide bonds. The number of β-lactam (4-membered cyclic amide) rings is 1. The summed E-state index contributed by atoms with van der Waals surface area (Å²) in [4.78, 5) is 57.3. The van der Waals surface area contributed by atoms with Crippen LogP contribution in [0.3, 0.4) is 0 Å². The van der Waals surface area contributed by atoms with Crippen molar-refractivity contribution >= 4 is 67.8 Å². The number of carbonyl (C=O) groups is 4. The van der Waals surface area contributed by atoms with Crippen molar-refractivity contribution in [3.05, 3.63) is 11.1 Å². The molecule has 0 bridgehead atoms. The fourth-order valence-corrected chi connectivity index (χ4v) is 4.18. The number of alkyl halides is 1. The van der Waals surface area contributed by atoms with E-state index in [1.165, 1.54) is 5.38 Å². The van der Waals surface area contributed by atoms with Gasteiger partial charge in [-0.05, 0) is 6.42 Å². The first-order valence-corrected chi connectivity index (χ1v) is 12.0. The fourth-order valence-electron chi connectivity index (χ4n) is 2.58. The van der Waals surface area contributed by atoms with Gasteiger partial charge in [0.15, 0.2) is 27.2 Å². The van der Waals surface area contributed by atoms with Crippen molar-refractivity contribution in [1.29, 1.82) is 0 Å². The van der Waals surface area contributed by atoms with Crippen LogP contribution in [0.5, 0.6) is 0 Å². The van der Waals surface area contributed by atoms with Gasteiger partial charge >= 0.3 is 35.5 Å². The zero-order chi connectivity index (χ0) is 24.8. The summed E-state index contributed by atoms with van der Waals surface area (Å²) < 4.78 is 38.9. The van der Waals surface area contributed by atoms with E-state index < -0.39 is 51.8 Å². The number of rotatable bonds is 11. The number of nitrogens with zero attached hydrogens (tertiary/aromatic N) is 3. The van der Waals surface area contributed by atoms with Crippen molar-refractivity contribution in [1.82, 2.24) is 14.6 Å². The summed E-state index contributed by atoms with van der Waals surface area (Å²) in [7, 11) is -4.21. The van der Waals surface area contributed by atoms with Gasteiger partial charge < -0.3 is 24.8 Å². The molecular formula is C16H19ClN5NaO9S2. The van der Waals surface area contributed by atoms with Gasteiger partial charge in [-0.25, -0.2) is 22.5 Å². The molecule has 2 rings (SSSR count). The fraction of sp³-hybridized carbons (Fsp3) is 0.500. The molecule has 1 aromatic heterocycles. The largest absolute Gasteiger partial charge is 1.00 e. The number of esters is 1. The summed E-state index contributed by atoms with van der Waals surface area (Å²) in [6.45, 7) is 1.75. The van der Waals surface area contributed by atoms with Crippen LogP contribution in [0.2, 0.25) is 0 Å². The van der Waals surface area contributed by atoms with Crippen LogP contribution in [-0.4, -0.2) is 83.3 Å². The minimum absolute atomic E-state index is 0. The monoisotopic (exact) mass is 547 g/mol. The van der Waals surface area contributed by atoms with Gasteiger partial charge in [-0.3, -0.25) is 14.4 Å². The number of hydrogen-bond donors (Lipinski definition) is 2. The summed E-state index contributed by atoms with van der Waals surface area (Å²) in [6.07, 6.45) is 1.13. The number of halogens is 1. The second-order valence-corrected chi connectivity index (χ2v) is 8.73. The number of oxime groups is 1. The molecule has 2 heterocycles. The average molecular weight is 548 g/mol. The molecule has 1 aliphatic rings. The number of aromatic nitrogens is 1. The van der Waals surface area contributed by atoms with Crippen LogP contribution in [0.25, 0.3) is 0 Å². The van der Waals surface area contributed by atoms with E-state index in [0.717, 1.165) is 18.4 Å². The molecule has 34 heavy (non-hydrogen) atoms. The van der Waals surface area contributed by atoms with Crippen molar-refractivity contribution in [3.63, 3.8) is 0 Å². The normalized spacial score (nSPS) is 17.8. The van der Waals surface area contributed by atoms with Crippen molar-refractivity contribution in [3.8, 4) is 0 Å². The minimum atomic E-state index is -5.34. The standard InChI is InChI=1S/C16H20ClN5O9S2.Na/c1-3-4-5-31-15(26)12-11(14(25)22(12)33(27,28)29)20-13(24)10(21-30-2)8-7-32-16(18-8)19-9(23)6-17;/h7,11-12H,3-6H2,1-2H3,(H,20,24)(H,18,19,23)(H,27,28,29);/q;+1/p-1/t11-,12-;/m1./s1. The first-order valence-electron chi connectivity index (χ1n) is 9.24. The van der Waals surface area contributed by atoms with Crippen molar-refractivity contribution in [2.45, 2.75) is 31.8 Å². The van der Waals surface area contributed by atoms with Gasteiger partial charge in [0.05, 0.1) is 6.61 Å². The molecule has 2 N–H and O–H groups in total. The molecule has 14 nitrogen and oxygen atoms in total. The molecule has 1 aromatic rings. The van der Waals surface area contributed by atoms with E-state index in [0.29, 0.717) is 12.8 Å². The number of unbranched alkanes of at least 4 members (excludes halogenated alkanes) is 1. The summed E-state index contributed by atoms with van der Waals surface area (Å²) in [5.74, 6) is -4.42. The molecule has 0 aromatic carbocycles. The van der Waals surface area contributed by atoms with Crippen LogP contribution in [0, 0.1) is 0 Å². The number of ether oxygens (including phenoxy) is 1. The maximum absolute atomic E-state index is 12.7. The Morgan fingerprint density at radius 3 is 2.62 bits per heavy atom. The van der Waals surface area contributed by atoms with Gasteiger partial charge in [-0.1, -0.05) is 18.5 Å². The van der Waals surface area contributed by atoms with Gasteiger partial charge in [0.2, 0.25) is 5.91 Å². The third kappa shape index (κ3) is 7.34. The maximum Gasteiger partial charge on any atom is 1.00 e. The zero-order valence-corrected chi connectivity index (χ0v) is 22.7. The third-order valence-corrected chi connectivity index (χ3v) is 5.96. The topological polar surface area (TPSA) is 196 Å². The minimum Gasteiger partial charge on any atom is -0.731 e. The Labute approximate surface area is 225 Å². The number of anilines is 1. The van der Waals surface area contributed by atoms with Crippen LogP contribution >= 0.6 is 22.9 Å². The zero-order valence-electron chi connectivity index (χ0n) is 18.3. The Kier molecular flexibility index (Phi) is 11.8. The van der Waals surface area contributed by atoms with Crippen LogP contribution in [0.1, 0.15) is 25.5 Å². The van der Waals surface area contributed by atoms with Crippen LogP contribution in [0.4, 0.5) is 5.13 Å². The van der Waals surface area contributed by atoms with Crippen molar-refractivity contribution < 1.29 is 71.3 Å². The second kappa shape index (κ2) is 13.3. The van der Waals surface area contributed by atoms with E-state index in [4.69, 9.17) is 16.3 Å². The van der Waals surface area contributed by atoms with Gasteiger partial charge in [0, 0.05) is 5.38 Å². The molecule has 1 aliphatic heterocycles. The van der Waals surface area contributed by atoms with Crippen LogP contribution < -0.4 is 40.2 Å². The predicted octanol–water partition coefficient (Wildman–Crippen LogP) is -3.83. The summed E-state index contributed by atoms with van der Waals surface area (Å²) in [5, 5.41) is 9.48. The smallest absolute Gasteiger partial charge is 0.731 e. The Bertz CT molecular complexity index is 1070. The van der Waals surface area contributed by atoms with Crippen molar-refractivity contribution in [2.75, 3.05) is 24.9 Å². The molecule has 0 spiro atoms. The molecule has 0 unspecified atom stereocenters. The number of thiazole rings is 1.